The van der Waals surface area contributed by atoms with E-state index in [4.69, 9.17) is 11.6 Å². The van der Waals surface area contributed by atoms with Crippen molar-refractivity contribution in [1.82, 2.24) is 4.90 Å². The van der Waals surface area contributed by atoms with Crippen LogP contribution in [0.25, 0.3) is 0 Å². The number of methoxy groups -OCH3 is 1. The van der Waals surface area contributed by atoms with E-state index in [9.17, 15) is 14.4 Å². The molecule has 0 saturated heterocycles. The molecule has 1 saturated carbocycles. The van der Waals surface area contributed by atoms with E-state index in [-0.39, 0.29) is 30.0 Å². The topological polar surface area (TPSA) is 75.7 Å². The number of halogens is 1. The molecule has 1 aliphatic carbocycles. The second kappa shape index (κ2) is 8.15. The van der Waals surface area contributed by atoms with Crippen molar-refractivity contribution in [1.29, 1.82) is 0 Å². The second-order valence-corrected chi connectivity index (χ2v) is 6.23. The Kier molecular flexibility index (Phi) is 6.20. The molecule has 0 radical (unpaired) electrons. The maximum atomic E-state index is 12.3. The number of carbonyl (C=O) groups is 3. The standard InChI is InChI=1S/C17H21ClN2O4/c1-11(21)20(13-5-3-4-6-13)10-16(22)19-15-9-12(17(23)24-2)7-8-14(15)18/h7-9,13H,3-6,10H2,1-2H3,(H,19,22). The first kappa shape index (κ1) is 18.3. The number of benzene rings is 1. The summed E-state index contributed by atoms with van der Waals surface area (Å²) in [4.78, 5) is 37.3. The van der Waals surface area contributed by atoms with Gasteiger partial charge in [-0.25, -0.2) is 4.79 Å². The molecule has 0 spiro atoms. The monoisotopic (exact) mass is 352 g/mol. The van der Waals surface area contributed by atoms with E-state index >= 15 is 0 Å². The van der Waals surface area contributed by atoms with Crippen molar-refractivity contribution in [3.8, 4) is 0 Å². The van der Waals surface area contributed by atoms with E-state index in [1.54, 1.807) is 4.90 Å². The zero-order valence-corrected chi connectivity index (χ0v) is 14.6. The van der Waals surface area contributed by atoms with Crippen molar-refractivity contribution in [2.45, 2.75) is 38.6 Å². The zero-order valence-electron chi connectivity index (χ0n) is 13.8. The van der Waals surface area contributed by atoms with Crippen LogP contribution in [0.3, 0.4) is 0 Å². The van der Waals surface area contributed by atoms with Crippen molar-refractivity contribution in [2.24, 2.45) is 0 Å². The SMILES string of the molecule is COC(=O)c1ccc(Cl)c(NC(=O)CN(C(C)=O)C2CCCC2)c1. The summed E-state index contributed by atoms with van der Waals surface area (Å²) in [5, 5.41) is 2.98. The minimum absolute atomic E-state index is 0.0290. The molecule has 0 heterocycles. The van der Waals surface area contributed by atoms with Crippen molar-refractivity contribution in [3.05, 3.63) is 28.8 Å². The molecule has 1 aliphatic rings. The molecule has 0 unspecified atom stereocenters. The lowest BCUT2D eigenvalue weighted by molar-refractivity contribution is -0.135. The van der Waals surface area contributed by atoms with Gasteiger partial charge in [-0.3, -0.25) is 9.59 Å². The molecule has 7 heteroatoms. The Morgan fingerprint density at radius 2 is 1.96 bits per heavy atom. The van der Waals surface area contributed by atoms with Gasteiger partial charge in [-0.05, 0) is 31.0 Å². The molecule has 0 atom stereocenters. The molecule has 1 N–H and O–H groups in total. The van der Waals surface area contributed by atoms with Crippen LogP contribution in [0.5, 0.6) is 0 Å². The number of hydrogen-bond acceptors (Lipinski definition) is 4. The lowest BCUT2D eigenvalue weighted by Crippen LogP contribution is -2.42. The third-order valence-corrected chi connectivity index (χ3v) is 4.48. The first-order chi connectivity index (χ1) is 11.4. The third kappa shape index (κ3) is 4.47. The summed E-state index contributed by atoms with van der Waals surface area (Å²) in [6.07, 6.45) is 3.99. The Bertz CT molecular complexity index is 641. The van der Waals surface area contributed by atoms with Crippen molar-refractivity contribution in [2.75, 3.05) is 19.0 Å². The molecule has 2 rings (SSSR count). The summed E-state index contributed by atoms with van der Waals surface area (Å²) in [5.41, 5.74) is 0.607. The van der Waals surface area contributed by atoms with E-state index in [1.165, 1.54) is 32.2 Å². The van der Waals surface area contributed by atoms with Gasteiger partial charge in [0.05, 0.1) is 23.4 Å². The number of rotatable bonds is 5. The van der Waals surface area contributed by atoms with Crippen molar-refractivity contribution < 1.29 is 19.1 Å². The van der Waals surface area contributed by atoms with Crippen LogP contribution in [0.15, 0.2) is 18.2 Å². The number of hydrogen-bond donors (Lipinski definition) is 1. The highest BCUT2D eigenvalue weighted by Gasteiger charge is 2.26. The molecule has 6 nitrogen and oxygen atoms in total. The lowest BCUT2D eigenvalue weighted by atomic mass is 10.2. The fourth-order valence-electron chi connectivity index (χ4n) is 2.92. The van der Waals surface area contributed by atoms with E-state index in [0.29, 0.717) is 10.7 Å². The molecule has 24 heavy (non-hydrogen) atoms. The summed E-state index contributed by atoms with van der Waals surface area (Å²) in [7, 11) is 1.28. The normalized spacial score (nSPS) is 14.3. The fraction of sp³-hybridized carbons (Fsp3) is 0.471. The maximum absolute atomic E-state index is 12.3. The zero-order chi connectivity index (χ0) is 17.7. The maximum Gasteiger partial charge on any atom is 0.337 e. The summed E-state index contributed by atoms with van der Waals surface area (Å²) < 4.78 is 4.65. The first-order valence-electron chi connectivity index (χ1n) is 7.87. The fourth-order valence-corrected chi connectivity index (χ4v) is 3.09. The van der Waals surface area contributed by atoms with Gasteiger partial charge in [-0.15, -0.1) is 0 Å². The van der Waals surface area contributed by atoms with Gasteiger partial charge in [-0.2, -0.15) is 0 Å². The number of carbonyl (C=O) groups excluding carboxylic acids is 3. The Balaban J connectivity index is 2.08. The highest BCUT2D eigenvalue weighted by molar-refractivity contribution is 6.33. The molecule has 0 aromatic heterocycles. The largest absolute Gasteiger partial charge is 0.465 e. The van der Waals surface area contributed by atoms with Crippen LogP contribution in [-0.2, 0) is 14.3 Å². The summed E-state index contributed by atoms with van der Waals surface area (Å²) in [5.74, 6) is -0.981. The van der Waals surface area contributed by atoms with Crippen LogP contribution in [-0.4, -0.2) is 42.4 Å². The lowest BCUT2D eigenvalue weighted by Gasteiger charge is -2.27. The predicted octanol–water partition coefficient (Wildman–Crippen LogP) is 2.86. The van der Waals surface area contributed by atoms with Gasteiger partial charge in [0.15, 0.2) is 0 Å². The summed E-state index contributed by atoms with van der Waals surface area (Å²) in [6, 6.07) is 4.61. The Morgan fingerprint density at radius 3 is 2.54 bits per heavy atom. The van der Waals surface area contributed by atoms with Gasteiger partial charge in [0.1, 0.15) is 6.54 Å². The van der Waals surface area contributed by atoms with Crippen LogP contribution in [0.1, 0.15) is 43.0 Å². The molecule has 0 bridgehead atoms. The molecule has 2 amide bonds. The Labute approximate surface area is 146 Å². The van der Waals surface area contributed by atoms with Crippen LogP contribution >= 0.6 is 11.6 Å². The van der Waals surface area contributed by atoms with E-state index in [2.05, 4.69) is 10.1 Å². The summed E-state index contributed by atoms with van der Waals surface area (Å²) in [6.45, 7) is 1.44. The van der Waals surface area contributed by atoms with E-state index in [1.807, 2.05) is 0 Å². The van der Waals surface area contributed by atoms with E-state index in [0.717, 1.165) is 25.7 Å². The van der Waals surface area contributed by atoms with Gasteiger partial charge >= 0.3 is 5.97 Å². The summed E-state index contributed by atoms with van der Waals surface area (Å²) >= 11 is 6.07. The molecular formula is C17H21ClN2O4. The number of anilines is 1. The quantitative estimate of drug-likeness (QED) is 0.827. The molecule has 1 aromatic rings. The second-order valence-electron chi connectivity index (χ2n) is 5.82. The van der Waals surface area contributed by atoms with Crippen LogP contribution in [0.4, 0.5) is 5.69 Å². The number of nitrogens with one attached hydrogen (secondary N) is 1. The number of amides is 2. The highest BCUT2D eigenvalue weighted by atomic mass is 35.5. The van der Waals surface area contributed by atoms with Crippen LogP contribution in [0, 0.1) is 0 Å². The molecule has 0 aliphatic heterocycles. The first-order valence-corrected chi connectivity index (χ1v) is 8.25. The molecular weight excluding hydrogens is 332 g/mol. The minimum atomic E-state index is -0.515. The number of nitrogens with zero attached hydrogens (tertiary/aromatic N) is 1. The van der Waals surface area contributed by atoms with Gasteiger partial charge in [0.25, 0.3) is 0 Å². The Hall–Kier alpha value is -2.08. The van der Waals surface area contributed by atoms with Gasteiger partial charge in [-0.1, -0.05) is 24.4 Å². The minimum Gasteiger partial charge on any atom is -0.465 e. The Morgan fingerprint density at radius 1 is 1.29 bits per heavy atom. The predicted molar refractivity (Wildman–Crippen MR) is 91.1 cm³/mol. The van der Waals surface area contributed by atoms with Gasteiger partial charge < -0.3 is 15.0 Å². The average Bonchev–Trinajstić information content (AvgIpc) is 3.07. The van der Waals surface area contributed by atoms with Crippen molar-refractivity contribution in [3.63, 3.8) is 0 Å². The van der Waals surface area contributed by atoms with Gasteiger partial charge in [0.2, 0.25) is 11.8 Å². The van der Waals surface area contributed by atoms with Crippen LogP contribution < -0.4 is 5.32 Å². The molecule has 1 fully saturated rings. The average molecular weight is 353 g/mol. The molecule has 1 aromatic carbocycles. The van der Waals surface area contributed by atoms with Gasteiger partial charge in [0, 0.05) is 13.0 Å². The number of esters is 1. The van der Waals surface area contributed by atoms with E-state index < -0.39 is 5.97 Å². The smallest absolute Gasteiger partial charge is 0.337 e. The van der Waals surface area contributed by atoms with Crippen LogP contribution in [0.2, 0.25) is 5.02 Å². The molecule has 130 valence electrons. The number of ether oxygens (including phenoxy) is 1. The highest BCUT2D eigenvalue weighted by Crippen LogP contribution is 2.25. The van der Waals surface area contributed by atoms with Crippen molar-refractivity contribution >= 4 is 35.1 Å². The third-order valence-electron chi connectivity index (χ3n) is 4.15.